The first kappa shape index (κ1) is 62.4. The zero-order chi connectivity index (χ0) is 51.9. The zero-order valence-electron chi connectivity index (χ0n) is 45.8. The average Bonchev–Trinajstić information content (AvgIpc) is 3.65. The standard InChI is InChI=1S/C62H98ClNO8/c1-5-7-9-11-13-15-17-19-21-23-25-27-29-31-33-35-37-39-59(65)70-49-55(50-71-60(66)40-38-36-34-32-30-28-26-24-22-20-18-16-14-12-10-8-6-2)72-61(67)48-56-51(3)64(58-46-45-54(69-4)47-57(56)58)62(68)52-41-43-53(63)44-42-52/h41-47,55H,5-40,48-50H2,1-4H3. The molecule has 72 heavy (non-hydrogen) atoms. The lowest BCUT2D eigenvalue weighted by Crippen LogP contribution is -2.31. The van der Waals surface area contributed by atoms with Gasteiger partial charge < -0.3 is 18.9 Å². The van der Waals surface area contributed by atoms with Crippen molar-refractivity contribution in [2.45, 2.75) is 264 Å². The van der Waals surface area contributed by atoms with Crippen LogP contribution in [0.5, 0.6) is 5.75 Å². The van der Waals surface area contributed by atoms with Crippen molar-refractivity contribution in [1.29, 1.82) is 0 Å². The molecule has 10 heteroatoms. The van der Waals surface area contributed by atoms with Crippen LogP contribution in [0, 0.1) is 6.92 Å². The lowest BCUT2D eigenvalue weighted by Gasteiger charge is -2.18. The van der Waals surface area contributed by atoms with E-state index in [-0.39, 0.29) is 50.3 Å². The molecule has 2 aromatic carbocycles. The quantitative estimate of drug-likeness (QED) is 0.0313. The number of halogens is 1. The number of ether oxygens (including phenoxy) is 4. The first-order chi connectivity index (χ1) is 35.2. The Kier molecular flexibility index (Phi) is 35.1. The number of hydrogen-bond acceptors (Lipinski definition) is 8. The van der Waals surface area contributed by atoms with Crippen LogP contribution in [0.15, 0.2) is 42.5 Å². The number of carbonyl (C=O) groups excluding carboxylic acids is 4. The van der Waals surface area contributed by atoms with Gasteiger partial charge in [-0.1, -0.05) is 231 Å². The minimum Gasteiger partial charge on any atom is -0.497 e. The molecule has 0 radical (unpaired) electrons. The van der Waals surface area contributed by atoms with Crippen LogP contribution in [0.4, 0.5) is 0 Å². The van der Waals surface area contributed by atoms with Gasteiger partial charge in [-0.15, -0.1) is 0 Å². The Bertz CT molecular complexity index is 1850. The van der Waals surface area contributed by atoms with Crippen LogP contribution in [-0.4, -0.2) is 54.8 Å². The maximum atomic E-state index is 13.9. The highest BCUT2D eigenvalue weighted by atomic mass is 35.5. The third-order valence-electron chi connectivity index (χ3n) is 14.3. The summed E-state index contributed by atoms with van der Waals surface area (Å²) in [5.41, 5.74) is 2.23. The van der Waals surface area contributed by atoms with Crippen LogP contribution in [-0.2, 0) is 35.0 Å². The Morgan fingerprint density at radius 1 is 0.500 bits per heavy atom. The van der Waals surface area contributed by atoms with Crippen molar-refractivity contribution < 1.29 is 38.1 Å². The molecule has 1 aromatic heterocycles. The van der Waals surface area contributed by atoms with Crippen molar-refractivity contribution in [3.63, 3.8) is 0 Å². The van der Waals surface area contributed by atoms with Gasteiger partial charge >= 0.3 is 17.9 Å². The normalized spacial score (nSPS) is 11.4. The summed E-state index contributed by atoms with van der Waals surface area (Å²) in [5, 5.41) is 1.19. The van der Waals surface area contributed by atoms with E-state index in [0.717, 1.165) is 38.5 Å². The van der Waals surface area contributed by atoms with Gasteiger partial charge in [0, 0.05) is 34.5 Å². The minimum atomic E-state index is -0.990. The predicted molar refractivity (Wildman–Crippen MR) is 297 cm³/mol. The number of hydrogen-bond donors (Lipinski definition) is 0. The van der Waals surface area contributed by atoms with Crippen molar-refractivity contribution in [2.75, 3.05) is 20.3 Å². The van der Waals surface area contributed by atoms with Gasteiger partial charge in [-0.05, 0) is 67.8 Å². The second-order valence-electron chi connectivity index (χ2n) is 20.6. The fourth-order valence-corrected chi connectivity index (χ4v) is 9.91. The summed E-state index contributed by atoms with van der Waals surface area (Å²) in [4.78, 5) is 53.5. The number of aromatic nitrogens is 1. The number of rotatable bonds is 45. The fourth-order valence-electron chi connectivity index (χ4n) is 9.79. The molecule has 9 nitrogen and oxygen atoms in total. The zero-order valence-corrected chi connectivity index (χ0v) is 46.5. The van der Waals surface area contributed by atoms with E-state index in [9.17, 15) is 19.2 Å². The lowest BCUT2D eigenvalue weighted by molar-refractivity contribution is -0.166. The topological polar surface area (TPSA) is 110 Å². The third-order valence-corrected chi connectivity index (χ3v) is 14.5. The molecular weight excluding hydrogens is 922 g/mol. The van der Waals surface area contributed by atoms with Gasteiger partial charge in [0.15, 0.2) is 6.10 Å². The number of methoxy groups -OCH3 is 1. The largest absolute Gasteiger partial charge is 0.497 e. The number of benzene rings is 2. The Balaban J connectivity index is 1.44. The van der Waals surface area contributed by atoms with Gasteiger partial charge in [0.1, 0.15) is 19.0 Å². The van der Waals surface area contributed by atoms with Gasteiger partial charge in [-0.25, -0.2) is 0 Å². The summed E-state index contributed by atoms with van der Waals surface area (Å²) >= 11 is 6.12. The highest BCUT2D eigenvalue weighted by Gasteiger charge is 2.25. The maximum Gasteiger partial charge on any atom is 0.310 e. The van der Waals surface area contributed by atoms with E-state index in [4.69, 9.17) is 30.5 Å². The summed E-state index contributed by atoms with van der Waals surface area (Å²) in [6.45, 7) is 5.89. The number of carbonyl (C=O) groups is 4. The molecule has 3 rings (SSSR count). The predicted octanol–water partition coefficient (Wildman–Crippen LogP) is 17.9. The van der Waals surface area contributed by atoms with Crippen LogP contribution in [0.25, 0.3) is 10.9 Å². The molecule has 406 valence electrons. The van der Waals surface area contributed by atoms with Crippen molar-refractivity contribution in [1.82, 2.24) is 4.57 Å². The Hall–Kier alpha value is -3.85. The molecule has 0 aliphatic carbocycles. The molecule has 0 N–H and O–H groups in total. The summed E-state index contributed by atoms with van der Waals surface area (Å²) < 4.78 is 24.3. The second kappa shape index (κ2) is 40.5. The first-order valence-corrected chi connectivity index (χ1v) is 29.5. The molecule has 0 fully saturated rings. The molecule has 0 saturated carbocycles. The van der Waals surface area contributed by atoms with Crippen molar-refractivity contribution in [3.05, 3.63) is 64.3 Å². The van der Waals surface area contributed by atoms with Crippen LogP contribution < -0.4 is 4.74 Å². The molecule has 0 spiro atoms. The average molecular weight is 1020 g/mol. The number of esters is 3. The van der Waals surface area contributed by atoms with Crippen LogP contribution >= 0.6 is 11.6 Å². The lowest BCUT2D eigenvalue weighted by atomic mass is 10.0. The minimum absolute atomic E-state index is 0.173. The van der Waals surface area contributed by atoms with Crippen molar-refractivity contribution >= 4 is 46.3 Å². The molecule has 0 aliphatic rings. The highest BCUT2D eigenvalue weighted by Crippen LogP contribution is 2.31. The monoisotopic (exact) mass is 1020 g/mol. The summed E-state index contributed by atoms with van der Waals surface area (Å²) in [6, 6.07) is 12.0. The van der Waals surface area contributed by atoms with E-state index in [0.29, 0.717) is 38.5 Å². The van der Waals surface area contributed by atoms with Gasteiger partial charge in [0.25, 0.3) is 5.91 Å². The highest BCUT2D eigenvalue weighted by molar-refractivity contribution is 6.30. The van der Waals surface area contributed by atoms with E-state index in [1.54, 1.807) is 61.1 Å². The van der Waals surface area contributed by atoms with Crippen LogP contribution in [0.2, 0.25) is 5.02 Å². The van der Waals surface area contributed by atoms with E-state index in [1.165, 1.54) is 180 Å². The molecule has 0 unspecified atom stereocenters. The Labute approximate surface area is 442 Å². The number of nitrogens with zero attached hydrogens (tertiary/aromatic N) is 1. The van der Waals surface area contributed by atoms with E-state index in [2.05, 4.69) is 13.8 Å². The van der Waals surface area contributed by atoms with Crippen LogP contribution in [0.1, 0.15) is 267 Å². The first-order valence-electron chi connectivity index (χ1n) is 29.2. The molecule has 0 atom stereocenters. The van der Waals surface area contributed by atoms with E-state index in [1.807, 2.05) is 0 Å². The van der Waals surface area contributed by atoms with Gasteiger partial charge in [-0.3, -0.25) is 23.7 Å². The molecule has 0 bridgehead atoms. The summed E-state index contributed by atoms with van der Waals surface area (Å²) in [7, 11) is 1.56. The van der Waals surface area contributed by atoms with E-state index < -0.39 is 12.1 Å². The Morgan fingerprint density at radius 3 is 1.25 bits per heavy atom. The molecule has 1 heterocycles. The number of unbranched alkanes of at least 4 members (excludes halogenated alkanes) is 32. The van der Waals surface area contributed by atoms with Gasteiger partial charge in [0.2, 0.25) is 0 Å². The molecule has 3 aromatic rings. The smallest absolute Gasteiger partial charge is 0.310 e. The van der Waals surface area contributed by atoms with Crippen LogP contribution in [0.3, 0.4) is 0 Å². The SMILES string of the molecule is CCCCCCCCCCCCCCCCCCCC(=O)OCC(COC(=O)CCCCCCCCCCCCCCCCCCC)OC(=O)Cc1c(C)n(C(=O)c2ccc(Cl)cc2)c2ccc(OC)cc12. The Morgan fingerprint density at radius 2 is 0.875 bits per heavy atom. The van der Waals surface area contributed by atoms with Crippen molar-refractivity contribution in [2.24, 2.45) is 0 Å². The molecule has 0 amide bonds. The van der Waals surface area contributed by atoms with Gasteiger partial charge in [-0.2, -0.15) is 0 Å². The third kappa shape index (κ3) is 27.4. The van der Waals surface area contributed by atoms with Gasteiger partial charge in [0.05, 0.1) is 19.0 Å². The second-order valence-corrected chi connectivity index (χ2v) is 21.0. The van der Waals surface area contributed by atoms with E-state index >= 15 is 0 Å². The van der Waals surface area contributed by atoms with Crippen molar-refractivity contribution in [3.8, 4) is 5.75 Å². The summed E-state index contributed by atoms with van der Waals surface area (Å²) in [5.74, 6) is -1.02. The molecule has 0 saturated heterocycles. The number of fused-ring (bicyclic) bond motifs is 1. The summed E-state index contributed by atoms with van der Waals surface area (Å²) in [6.07, 6.45) is 42.4. The fraction of sp³-hybridized carbons (Fsp3) is 0.710. The maximum absolute atomic E-state index is 13.9. The molecule has 0 aliphatic heterocycles. The molecular formula is C62H98ClNO8.